The molecule has 0 spiro atoms. The number of nitrogens with zero attached hydrogens (tertiary/aromatic N) is 1. The van der Waals surface area contributed by atoms with Crippen molar-refractivity contribution < 1.29 is 18.7 Å². The first-order valence-electron chi connectivity index (χ1n) is 6.68. The topological polar surface area (TPSA) is 40.5 Å². The lowest BCUT2D eigenvalue weighted by Gasteiger charge is -2.36. The predicted molar refractivity (Wildman–Crippen MR) is 63.3 cm³/mol. The molecule has 0 aromatic carbocycles. The highest BCUT2D eigenvalue weighted by Gasteiger charge is 2.40. The number of aliphatic hydroxyl groups is 1. The number of aliphatic hydroxyl groups excluding tert-OH is 1. The highest BCUT2D eigenvalue weighted by molar-refractivity contribution is 5.78. The molecule has 0 saturated heterocycles. The quantitative estimate of drug-likeness (QED) is 0.844. The Balaban J connectivity index is 1.82. The normalized spacial score (nSPS) is 34.8. The van der Waals surface area contributed by atoms with E-state index in [2.05, 4.69) is 0 Å². The van der Waals surface area contributed by atoms with E-state index < -0.39 is 11.8 Å². The van der Waals surface area contributed by atoms with E-state index in [9.17, 15) is 18.7 Å². The minimum absolute atomic E-state index is 0.0880. The van der Waals surface area contributed by atoms with Crippen LogP contribution in [0.15, 0.2) is 0 Å². The second-order valence-electron chi connectivity index (χ2n) is 5.86. The highest BCUT2D eigenvalue weighted by atomic mass is 19.3. The third kappa shape index (κ3) is 3.19. The molecule has 0 aromatic rings. The first kappa shape index (κ1) is 13.7. The summed E-state index contributed by atoms with van der Waals surface area (Å²) in [6.45, 7) is 0.581. The van der Waals surface area contributed by atoms with Crippen molar-refractivity contribution in [1.82, 2.24) is 4.90 Å². The average Bonchev–Trinajstić information content (AvgIpc) is 2.24. The van der Waals surface area contributed by atoms with Crippen molar-refractivity contribution in [2.45, 2.75) is 50.6 Å². The van der Waals surface area contributed by atoms with Crippen LogP contribution in [0.25, 0.3) is 0 Å². The van der Waals surface area contributed by atoms with Gasteiger partial charge < -0.3 is 10.0 Å². The molecule has 104 valence electrons. The van der Waals surface area contributed by atoms with Crippen molar-refractivity contribution >= 4 is 5.91 Å². The van der Waals surface area contributed by atoms with Gasteiger partial charge in [0.1, 0.15) is 0 Å². The Labute approximate surface area is 106 Å². The maximum atomic E-state index is 13.3. The van der Waals surface area contributed by atoms with Gasteiger partial charge in [0.25, 0.3) is 0 Å². The molecule has 1 unspecified atom stereocenters. The Morgan fingerprint density at radius 2 is 2.11 bits per heavy atom. The van der Waals surface area contributed by atoms with E-state index in [1.807, 2.05) is 0 Å². The lowest BCUT2D eigenvalue weighted by Crippen LogP contribution is -2.43. The number of halogens is 2. The van der Waals surface area contributed by atoms with E-state index in [4.69, 9.17) is 0 Å². The Bertz CT molecular complexity index is 316. The largest absolute Gasteiger partial charge is 0.393 e. The van der Waals surface area contributed by atoms with Crippen molar-refractivity contribution in [2.24, 2.45) is 11.8 Å². The fourth-order valence-electron chi connectivity index (χ4n) is 3.02. The SMILES string of the molecule is CN(CC1CC(O)C1)C(=O)C1CCCC(F)(F)C1. The highest BCUT2D eigenvalue weighted by Crippen LogP contribution is 2.37. The lowest BCUT2D eigenvalue weighted by atomic mass is 9.81. The minimum atomic E-state index is -2.67. The van der Waals surface area contributed by atoms with Crippen LogP contribution in [0, 0.1) is 11.8 Å². The van der Waals surface area contributed by atoms with Crippen molar-refractivity contribution in [3.05, 3.63) is 0 Å². The number of amides is 1. The Morgan fingerprint density at radius 3 is 2.67 bits per heavy atom. The van der Waals surface area contributed by atoms with Gasteiger partial charge in [-0.2, -0.15) is 0 Å². The van der Waals surface area contributed by atoms with Crippen LogP contribution in [0.1, 0.15) is 38.5 Å². The van der Waals surface area contributed by atoms with Crippen LogP contribution < -0.4 is 0 Å². The van der Waals surface area contributed by atoms with Gasteiger partial charge in [0.05, 0.1) is 6.10 Å². The van der Waals surface area contributed by atoms with Crippen LogP contribution >= 0.6 is 0 Å². The summed E-state index contributed by atoms with van der Waals surface area (Å²) in [6.07, 6.45) is 1.82. The summed E-state index contributed by atoms with van der Waals surface area (Å²) < 4.78 is 26.5. The molecule has 0 aliphatic heterocycles. The summed E-state index contributed by atoms with van der Waals surface area (Å²) in [7, 11) is 1.68. The van der Waals surface area contributed by atoms with Gasteiger partial charge in [-0.25, -0.2) is 8.78 Å². The van der Waals surface area contributed by atoms with Gasteiger partial charge in [-0.1, -0.05) is 0 Å². The zero-order chi connectivity index (χ0) is 13.3. The molecular weight excluding hydrogens is 240 g/mol. The summed E-state index contributed by atoms with van der Waals surface area (Å²) in [5.41, 5.74) is 0. The molecule has 1 N–H and O–H groups in total. The monoisotopic (exact) mass is 261 g/mol. The van der Waals surface area contributed by atoms with Gasteiger partial charge in [-0.3, -0.25) is 4.79 Å². The van der Waals surface area contributed by atoms with Gasteiger partial charge >= 0.3 is 0 Å². The Hall–Kier alpha value is -0.710. The van der Waals surface area contributed by atoms with Crippen LogP contribution in [0.4, 0.5) is 8.78 Å². The molecule has 1 amide bonds. The van der Waals surface area contributed by atoms with Gasteiger partial charge in [-0.05, 0) is 31.6 Å². The molecule has 1 atom stereocenters. The smallest absolute Gasteiger partial charge is 0.248 e. The summed E-state index contributed by atoms with van der Waals surface area (Å²) in [5, 5.41) is 9.18. The van der Waals surface area contributed by atoms with Crippen LogP contribution in [-0.2, 0) is 4.79 Å². The van der Waals surface area contributed by atoms with Gasteiger partial charge in [0.2, 0.25) is 11.8 Å². The Kier molecular flexibility index (Phi) is 3.90. The minimum Gasteiger partial charge on any atom is -0.393 e. The molecule has 2 rings (SSSR count). The van der Waals surface area contributed by atoms with E-state index in [1.165, 1.54) is 0 Å². The molecule has 3 nitrogen and oxygen atoms in total. The lowest BCUT2D eigenvalue weighted by molar-refractivity contribution is -0.142. The third-order valence-corrected chi connectivity index (χ3v) is 4.11. The van der Waals surface area contributed by atoms with Crippen LogP contribution in [-0.4, -0.2) is 41.5 Å². The van der Waals surface area contributed by atoms with Crippen LogP contribution in [0.2, 0.25) is 0 Å². The molecule has 0 radical (unpaired) electrons. The number of alkyl halides is 2. The Morgan fingerprint density at radius 1 is 1.44 bits per heavy atom. The first-order chi connectivity index (χ1) is 8.37. The van der Waals surface area contributed by atoms with Gasteiger partial charge in [0.15, 0.2) is 0 Å². The molecule has 2 saturated carbocycles. The average molecular weight is 261 g/mol. The molecule has 0 bridgehead atoms. The van der Waals surface area contributed by atoms with E-state index in [0.717, 1.165) is 12.8 Å². The van der Waals surface area contributed by atoms with E-state index in [1.54, 1.807) is 11.9 Å². The zero-order valence-electron chi connectivity index (χ0n) is 10.7. The number of hydrogen-bond donors (Lipinski definition) is 1. The number of carbonyl (C=O) groups is 1. The van der Waals surface area contributed by atoms with Crippen molar-refractivity contribution in [3.8, 4) is 0 Å². The van der Waals surface area contributed by atoms with Gasteiger partial charge in [0, 0.05) is 32.4 Å². The number of carbonyl (C=O) groups excluding carboxylic acids is 1. The predicted octanol–water partition coefficient (Wildman–Crippen LogP) is 2.04. The van der Waals surface area contributed by atoms with Crippen molar-refractivity contribution in [3.63, 3.8) is 0 Å². The third-order valence-electron chi connectivity index (χ3n) is 4.11. The molecule has 2 aliphatic rings. The van der Waals surface area contributed by atoms with E-state index in [-0.39, 0.29) is 24.9 Å². The fraction of sp³-hybridized carbons (Fsp3) is 0.923. The standard InChI is InChI=1S/C13H21F2NO2/c1-16(8-9-5-11(17)6-9)12(18)10-3-2-4-13(14,15)7-10/h9-11,17H,2-8H2,1H3. The molecule has 2 fully saturated rings. The molecule has 2 aliphatic carbocycles. The first-order valence-corrected chi connectivity index (χ1v) is 6.68. The molecule has 0 heterocycles. The number of hydrogen-bond acceptors (Lipinski definition) is 2. The van der Waals surface area contributed by atoms with E-state index in [0.29, 0.717) is 25.3 Å². The van der Waals surface area contributed by atoms with E-state index >= 15 is 0 Å². The van der Waals surface area contributed by atoms with Gasteiger partial charge in [-0.15, -0.1) is 0 Å². The number of rotatable bonds is 3. The van der Waals surface area contributed by atoms with Crippen molar-refractivity contribution in [2.75, 3.05) is 13.6 Å². The van der Waals surface area contributed by atoms with Crippen molar-refractivity contribution in [1.29, 1.82) is 0 Å². The fourth-order valence-corrected chi connectivity index (χ4v) is 3.02. The maximum absolute atomic E-state index is 13.3. The summed E-state index contributed by atoms with van der Waals surface area (Å²) in [5.74, 6) is -3.02. The summed E-state index contributed by atoms with van der Waals surface area (Å²) in [4.78, 5) is 13.6. The molecule has 5 heteroatoms. The molecule has 18 heavy (non-hydrogen) atoms. The van der Waals surface area contributed by atoms with Crippen LogP contribution in [0.3, 0.4) is 0 Å². The zero-order valence-corrected chi connectivity index (χ0v) is 10.7. The molecule has 0 aromatic heterocycles. The second kappa shape index (κ2) is 5.11. The second-order valence-corrected chi connectivity index (χ2v) is 5.86. The maximum Gasteiger partial charge on any atom is 0.248 e. The summed E-state index contributed by atoms with van der Waals surface area (Å²) >= 11 is 0. The summed E-state index contributed by atoms with van der Waals surface area (Å²) in [6, 6.07) is 0. The molecular formula is C13H21F2NO2. The van der Waals surface area contributed by atoms with Crippen LogP contribution in [0.5, 0.6) is 0 Å².